The molecule has 2 N–H and O–H groups in total. The van der Waals surface area contributed by atoms with Crippen LogP contribution in [0.4, 0.5) is 16.2 Å². The molecule has 0 spiro atoms. The summed E-state index contributed by atoms with van der Waals surface area (Å²) in [5, 5.41) is 6.79. The summed E-state index contributed by atoms with van der Waals surface area (Å²) in [6, 6.07) is 20.8. The summed E-state index contributed by atoms with van der Waals surface area (Å²) in [5.41, 5.74) is 5.55. The van der Waals surface area contributed by atoms with Crippen LogP contribution in [0.25, 0.3) is 22.2 Å². The van der Waals surface area contributed by atoms with Crippen LogP contribution < -0.4 is 20.9 Å². The lowest BCUT2D eigenvalue weighted by molar-refractivity contribution is 0.262. The van der Waals surface area contributed by atoms with Crippen molar-refractivity contribution in [3.63, 3.8) is 0 Å². The van der Waals surface area contributed by atoms with Crippen LogP contribution in [-0.2, 0) is 13.0 Å². The van der Waals surface area contributed by atoms with Crippen molar-refractivity contribution in [1.29, 1.82) is 0 Å². The van der Waals surface area contributed by atoms with Gasteiger partial charge in [-0.15, -0.1) is 12.3 Å². The lowest BCUT2D eigenvalue weighted by atomic mass is 9.93. The Bertz CT molecular complexity index is 1930. The van der Waals surface area contributed by atoms with Crippen molar-refractivity contribution in [2.24, 2.45) is 0 Å². The maximum Gasteiger partial charge on any atom is 0.323 e. The molecule has 5 aromatic rings. The van der Waals surface area contributed by atoms with E-state index >= 15 is 0 Å². The van der Waals surface area contributed by atoms with Gasteiger partial charge in [0.1, 0.15) is 17.1 Å². The Morgan fingerprint density at radius 3 is 2.32 bits per heavy atom. The maximum atomic E-state index is 14.3. The molecule has 8 nitrogen and oxygen atoms in total. The van der Waals surface area contributed by atoms with E-state index in [0.29, 0.717) is 43.0 Å². The fourth-order valence-electron chi connectivity index (χ4n) is 5.77. The number of benzene rings is 2. The molecule has 3 heterocycles. The highest BCUT2D eigenvalue weighted by atomic mass is 16.5. The Morgan fingerprint density at radius 1 is 0.915 bits per heavy atom. The predicted molar refractivity (Wildman–Crippen MR) is 190 cm³/mol. The van der Waals surface area contributed by atoms with E-state index in [2.05, 4.69) is 54.2 Å². The molecule has 0 atom stereocenters. The number of hydrogen-bond acceptors (Lipinski definition) is 5. The third kappa shape index (κ3) is 7.70. The van der Waals surface area contributed by atoms with Gasteiger partial charge in [0, 0.05) is 54.6 Å². The minimum absolute atomic E-state index is 0.158. The number of carbonyl (C=O) groups excluding carboxylic acids is 1. The molecule has 0 saturated heterocycles. The van der Waals surface area contributed by atoms with Gasteiger partial charge in [-0.1, -0.05) is 58.0 Å². The Labute approximate surface area is 276 Å². The van der Waals surface area contributed by atoms with Gasteiger partial charge in [-0.3, -0.25) is 14.3 Å². The molecule has 0 aliphatic rings. The number of carbonyl (C=O) groups is 1. The lowest BCUT2D eigenvalue weighted by Crippen LogP contribution is -2.30. The first kappa shape index (κ1) is 33.0. The molecular formula is C39H41N5O3. The zero-order valence-corrected chi connectivity index (χ0v) is 27.4. The molecule has 5 rings (SSSR count). The monoisotopic (exact) mass is 627 g/mol. The van der Waals surface area contributed by atoms with Gasteiger partial charge >= 0.3 is 6.03 Å². The average Bonchev–Trinajstić information content (AvgIpc) is 3.07. The quantitative estimate of drug-likeness (QED) is 0.107. The summed E-state index contributed by atoms with van der Waals surface area (Å²) >= 11 is 0. The summed E-state index contributed by atoms with van der Waals surface area (Å²) in [4.78, 5) is 36.9. The van der Waals surface area contributed by atoms with Crippen molar-refractivity contribution >= 4 is 28.4 Å². The van der Waals surface area contributed by atoms with Crippen molar-refractivity contribution in [3.8, 4) is 29.2 Å². The molecule has 0 saturated carbocycles. The van der Waals surface area contributed by atoms with Crippen LogP contribution in [0.1, 0.15) is 69.1 Å². The van der Waals surface area contributed by atoms with Crippen LogP contribution in [-0.4, -0.2) is 27.2 Å². The van der Waals surface area contributed by atoms with E-state index in [4.69, 9.17) is 11.2 Å². The number of aryl methyl sites for hydroxylation is 1. The number of hydrogen-bond donors (Lipinski definition) is 2. The summed E-state index contributed by atoms with van der Waals surface area (Å²) in [7, 11) is 0. The number of nitrogens with zero attached hydrogens (tertiary/aromatic N) is 3. The number of unbranched alkanes of at least 4 members (excludes halogenated alkanes) is 1. The molecule has 8 heteroatoms. The molecule has 2 aromatic carbocycles. The van der Waals surface area contributed by atoms with Gasteiger partial charge in [0.25, 0.3) is 5.56 Å². The first-order valence-electron chi connectivity index (χ1n) is 16.1. The predicted octanol–water partition coefficient (Wildman–Crippen LogP) is 8.38. The van der Waals surface area contributed by atoms with Gasteiger partial charge in [-0.25, -0.2) is 9.78 Å². The molecule has 47 heavy (non-hydrogen) atoms. The van der Waals surface area contributed by atoms with Crippen LogP contribution in [0.2, 0.25) is 0 Å². The van der Waals surface area contributed by atoms with Gasteiger partial charge in [-0.05, 0) is 76.9 Å². The number of para-hydroxylation sites is 1. The molecule has 3 aromatic heterocycles. The lowest BCUT2D eigenvalue weighted by Gasteiger charge is -2.22. The van der Waals surface area contributed by atoms with Gasteiger partial charge in [0.05, 0.1) is 6.61 Å². The van der Waals surface area contributed by atoms with E-state index in [1.165, 1.54) is 0 Å². The fraction of sp³-hybridized carbons (Fsp3) is 0.282. The number of aromatic nitrogens is 3. The Hall–Kier alpha value is -5.42. The second-order valence-corrected chi connectivity index (χ2v) is 12.1. The maximum absolute atomic E-state index is 14.3. The molecule has 240 valence electrons. The summed E-state index contributed by atoms with van der Waals surface area (Å²) in [6.45, 7) is 9.21. The van der Waals surface area contributed by atoms with E-state index in [1.807, 2.05) is 66.7 Å². The van der Waals surface area contributed by atoms with Crippen LogP contribution in [0.5, 0.6) is 5.75 Å². The average molecular weight is 628 g/mol. The molecule has 0 aliphatic carbocycles. The minimum Gasteiger partial charge on any atom is -0.493 e. The number of ether oxygens (including phenoxy) is 1. The van der Waals surface area contributed by atoms with Gasteiger partial charge in [0.2, 0.25) is 0 Å². The molecule has 0 radical (unpaired) electrons. The van der Waals surface area contributed by atoms with Crippen molar-refractivity contribution in [2.45, 2.75) is 65.3 Å². The highest BCUT2D eigenvalue weighted by Gasteiger charge is 2.23. The number of rotatable bonds is 12. The van der Waals surface area contributed by atoms with E-state index in [9.17, 15) is 9.59 Å². The van der Waals surface area contributed by atoms with Crippen LogP contribution >= 0.6 is 0 Å². The normalized spacial score (nSPS) is 11.1. The number of nitrogens with one attached hydrogen (secondary N) is 2. The van der Waals surface area contributed by atoms with Crippen LogP contribution in [0.15, 0.2) is 90.1 Å². The molecule has 2 amide bonds. The highest BCUT2D eigenvalue weighted by molar-refractivity contribution is 6.07. The number of fused-ring (bicyclic) bond motifs is 1. The number of pyridine rings is 3. The topological polar surface area (TPSA) is 98.1 Å². The summed E-state index contributed by atoms with van der Waals surface area (Å²) in [5.74, 6) is 3.66. The Morgan fingerprint density at radius 2 is 1.62 bits per heavy atom. The van der Waals surface area contributed by atoms with E-state index in [0.717, 1.165) is 39.7 Å². The van der Waals surface area contributed by atoms with Gasteiger partial charge < -0.3 is 15.4 Å². The molecule has 0 aliphatic heterocycles. The Balaban J connectivity index is 1.58. The summed E-state index contributed by atoms with van der Waals surface area (Å²) < 4.78 is 7.74. The van der Waals surface area contributed by atoms with Crippen LogP contribution in [0.3, 0.4) is 0 Å². The number of amides is 2. The largest absolute Gasteiger partial charge is 0.493 e. The van der Waals surface area contributed by atoms with Crippen molar-refractivity contribution in [2.75, 3.05) is 17.2 Å². The van der Waals surface area contributed by atoms with Gasteiger partial charge in [-0.2, -0.15) is 0 Å². The van der Waals surface area contributed by atoms with E-state index < -0.39 is 6.03 Å². The first-order chi connectivity index (χ1) is 22.8. The third-order valence-corrected chi connectivity index (χ3v) is 8.11. The van der Waals surface area contributed by atoms with Crippen molar-refractivity contribution in [3.05, 3.63) is 112 Å². The molecule has 0 unspecified atom stereocenters. The zero-order valence-electron chi connectivity index (χ0n) is 27.4. The molecule has 0 fully saturated rings. The summed E-state index contributed by atoms with van der Waals surface area (Å²) in [6.07, 6.45) is 12.5. The Kier molecular flexibility index (Phi) is 10.7. The third-order valence-electron chi connectivity index (χ3n) is 8.11. The SMILES string of the molecule is C#CCCCn1c(=O)c(NC(=O)Nc2c(C(C)C)cccc2C(C)C)c(-c2cccc(OCCc3ccncc3)c2)c2cccnc21. The standard InChI is InChI=1S/C39H41N5O3/c1-6-7-8-23-44-37-33(16-11-20-41-37)34(29-12-9-13-30(25-29)47-24-19-28-17-21-40-22-18-28)36(38(44)45)43-39(46)42-35-31(26(2)3)14-10-15-32(35)27(4)5/h1,9-18,20-22,25-27H,7-8,19,23-24H2,2-5H3,(H2,42,43,46). The second kappa shape index (κ2) is 15.2. The smallest absolute Gasteiger partial charge is 0.323 e. The number of anilines is 2. The van der Waals surface area contributed by atoms with Crippen molar-refractivity contribution in [1.82, 2.24) is 14.5 Å². The number of urea groups is 1. The zero-order chi connectivity index (χ0) is 33.3. The van der Waals surface area contributed by atoms with Gasteiger partial charge in [0.15, 0.2) is 0 Å². The molecular weight excluding hydrogens is 586 g/mol. The van der Waals surface area contributed by atoms with E-state index in [-0.39, 0.29) is 23.1 Å². The van der Waals surface area contributed by atoms with E-state index in [1.54, 1.807) is 23.2 Å². The fourth-order valence-corrected chi connectivity index (χ4v) is 5.77. The second-order valence-electron chi connectivity index (χ2n) is 12.1. The minimum atomic E-state index is -0.499. The van der Waals surface area contributed by atoms with Crippen LogP contribution in [0, 0.1) is 12.3 Å². The highest BCUT2D eigenvalue weighted by Crippen LogP contribution is 2.36. The number of terminal acetylenes is 1. The molecule has 0 bridgehead atoms. The first-order valence-corrected chi connectivity index (χ1v) is 16.1. The van der Waals surface area contributed by atoms with Crippen molar-refractivity contribution < 1.29 is 9.53 Å².